The molecule has 0 saturated heterocycles. The maximum absolute atomic E-state index is 9.67. The third-order valence-electron chi connectivity index (χ3n) is 3.91. The van der Waals surface area contributed by atoms with E-state index in [2.05, 4.69) is 54.4 Å². The van der Waals surface area contributed by atoms with Crippen molar-refractivity contribution in [3.63, 3.8) is 0 Å². The van der Waals surface area contributed by atoms with Crippen LogP contribution in [0.15, 0.2) is 30.3 Å². The van der Waals surface area contributed by atoms with Gasteiger partial charge in [0.2, 0.25) is 0 Å². The molecule has 3 heteroatoms. The highest BCUT2D eigenvalue weighted by molar-refractivity contribution is 5.47. The number of likely N-dealkylation sites (N-methyl/N-ethyl adjacent to an activating group) is 2. The van der Waals surface area contributed by atoms with Gasteiger partial charge in [-0.2, -0.15) is 5.26 Å². The van der Waals surface area contributed by atoms with Gasteiger partial charge in [0.05, 0.1) is 6.07 Å². The summed E-state index contributed by atoms with van der Waals surface area (Å²) in [6.45, 7) is 6.76. The molecule has 102 valence electrons. The fourth-order valence-corrected chi connectivity index (χ4v) is 2.71. The van der Waals surface area contributed by atoms with Crippen LogP contribution in [0.2, 0.25) is 0 Å². The molecule has 1 aromatic carbocycles. The molecule has 0 bridgehead atoms. The first-order chi connectivity index (χ1) is 9.25. The van der Waals surface area contributed by atoms with Crippen molar-refractivity contribution in [1.82, 2.24) is 5.32 Å². The molecule has 1 saturated carbocycles. The molecule has 2 rings (SSSR count). The van der Waals surface area contributed by atoms with E-state index in [0.717, 1.165) is 19.6 Å². The van der Waals surface area contributed by atoms with Crippen LogP contribution in [0.1, 0.15) is 26.7 Å². The van der Waals surface area contributed by atoms with Crippen molar-refractivity contribution in [2.45, 2.75) is 32.2 Å². The molecule has 3 nitrogen and oxygen atoms in total. The average molecular weight is 257 g/mol. The predicted octanol–water partition coefficient (Wildman–Crippen LogP) is 2.79. The number of rotatable bonds is 7. The second-order valence-electron chi connectivity index (χ2n) is 5.24. The lowest BCUT2D eigenvalue weighted by Gasteiger charge is -2.35. The van der Waals surface area contributed by atoms with E-state index in [9.17, 15) is 5.26 Å². The van der Waals surface area contributed by atoms with E-state index in [4.69, 9.17) is 0 Å². The standard InChI is InChI=1S/C16H23N3/c1-3-18-16(12-17,14-10-11-14)13-19(4-2)15-8-6-5-7-9-15/h5-9,14,18H,3-4,10-11,13H2,1-2H3. The number of anilines is 1. The van der Waals surface area contributed by atoms with Crippen molar-refractivity contribution < 1.29 is 0 Å². The second-order valence-corrected chi connectivity index (χ2v) is 5.24. The molecule has 0 aromatic heterocycles. The summed E-state index contributed by atoms with van der Waals surface area (Å²) in [5.74, 6) is 0.509. The molecule has 0 amide bonds. The van der Waals surface area contributed by atoms with Crippen molar-refractivity contribution in [3.05, 3.63) is 30.3 Å². The van der Waals surface area contributed by atoms with Gasteiger partial charge in [-0.1, -0.05) is 25.1 Å². The maximum Gasteiger partial charge on any atom is 0.127 e. The Morgan fingerprint density at radius 2 is 2.00 bits per heavy atom. The highest BCUT2D eigenvalue weighted by Crippen LogP contribution is 2.40. The van der Waals surface area contributed by atoms with E-state index in [-0.39, 0.29) is 5.54 Å². The minimum Gasteiger partial charge on any atom is -0.369 e. The number of nitrogens with one attached hydrogen (secondary N) is 1. The summed E-state index contributed by atoms with van der Waals surface area (Å²) in [6.07, 6.45) is 2.35. The maximum atomic E-state index is 9.67. The van der Waals surface area contributed by atoms with Crippen LogP contribution in [-0.2, 0) is 0 Å². The lowest BCUT2D eigenvalue weighted by Crippen LogP contribution is -2.54. The minimum absolute atomic E-state index is 0.388. The lowest BCUT2D eigenvalue weighted by molar-refractivity contribution is 0.373. The zero-order valence-corrected chi connectivity index (χ0v) is 11.9. The Morgan fingerprint density at radius 3 is 2.47 bits per heavy atom. The Hall–Kier alpha value is -1.53. The summed E-state index contributed by atoms with van der Waals surface area (Å²) < 4.78 is 0. The van der Waals surface area contributed by atoms with Gasteiger partial charge >= 0.3 is 0 Å². The summed E-state index contributed by atoms with van der Waals surface area (Å²) in [7, 11) is 0. The Morgan fingerprint density at radius 1 is 1.32 bits per heavy atom. The van der Waals surface area contributed by atoms with E-state index in [1.54, 1.807) is 0 Å². The molecule has 0 aliphatic heterocycles. The number of nitrogens with zero attached hydrogens (tertiary/aromatic N) is 2. The molecule has 1 aliphatic carbocycles. The molecule has 1 aliphatic rings. The molecule has 1 fully saturated rings. The quantitative estimate of drug-likeness (QED) is 0.816. The highest BCUT2D eigenvalue weighted by Gasteiger charge is 2.46. The smallest absolute Gasteiger partial charge is 0.127 e. The van der Waals surface area contributed by atoms with Gasteiger partial charge in [-0.15, -0.1) is 0 Å². The van der Waals surface area contributed by atoms with Crippen molar-refractivity contribution in [2.75, 3.05) is 24.5 Å². The minimum atomic E-state index is -0.388. The molecule has 1 aromatic rings. The van der Waals surface area contributed by atoms with Crippen LogP contribution < -0.4 is 10.2 Å². The van der Waals surface area contributed by atoms with Crippen LogP contribution in [0.25, 0.3) is 0 Å². The van der Waals surface area contributed by atoms with Crippen LogP contribution in [0, 0.1) is 17.2 Å². The van der Waals surface area contributed by atoms with E-state index in [0.29, 0.717) is 5.92 Å². The number of benzene rings is 1. The van der Waals surface area contributed by atoms with Gasteiger partial charge in [-0.25, -0.2) is 0 Å². The fraction of sp³-hybridized carbons (Fsp3) is 0.562. The van der Waals surface area contributed by atoms with Gasteiger partial charge in [0.1, 0.15) is 5.54 Å². The van der Waals surface area contributed by atoms with Gasteiger partial charge in [0.25, 0.3) is 0 Å². The molecule has 1 N–H and O–H groups in total. The Kier molecular flexibility index (Phi) is 4.44. The number of hydrogen-bond acceptors (Lipinski definition) is 3. The van der Waals surface area contributed by atoms with Crippen molar-refractivity contribution in [1.29, 1.82) is 5.26 Å². The van der Waals surface area contributed by atoms with Crippen LogP contribution in [-0.4, -0.2) is 25.2 Å². The SMILES string of the molecule is CCNC(C#N)(CN(CC)c1ccccc1)C1CC1. The molecule has 1 atom stereocenters. The van der Waals surface area contributed by atoms with Crippen molar-refractivity contribution in [3.8, 4) is 6.07 Å². The third-order valence-corrected chi connectivity index (χ3v) is 3.91. The predicted molar refractivity (Wildman–Crippen MR) is 79.1 cm³/mol. The van der Waals surface area contributed by atoms with E-state index in [1.807, 2.05) is 6.07 Å². The van der Waals surface area contributed by atoms with Gasteiger partial charge in [0.15, 0.2) is 0 Å². The number of para-hydroxylation sites is 1. The van der Waals surface area contributed by atoms with Gasteiger partial charge < -0.3 is 4.90 Å². The Bertz CT molecular complexity index is 433. The molecule has 1 unspecified atom stereocenters. The summed E-state index contributed by atoms with van der Waals surface area (Å²) in [5.41, 5.74) is 0.809. The molecular formula is C16H23N3. The lowest BCUT2D eigenvalue weighted by atomic mass is 9.93. The third kappa shape index (κ3) is 3.08. The monoisotopic (exact) mass is 257 g/mol. The first-order valence-corrected chi connectivity index (χ1v) is 7.22. The molecule has 19 heavy (non-hydrogen) atoms. The molecule has 0 radical (unpaired) electrons. The molecule has 0 spiro atoms. The normalized spacial score (nSPS) is 17.5. The van der Waals surface area contributed by atoms with Crippen LogP contribution >= 0.6 is 0 Å². The zero-order valence-electron chi connectivity index (χ0n) is 11.9. The second kappa shape index (κ2) is 6.08. The summed E-state index contributed by atoms with van der Waals surface area (Å²) in [5, 5.41) is 13.1. The topological polar surface area (TPSA) is 39.1 Å². The number of hydrogen-bond donors (Lipinski definition) is 1. The summed E-state index contributed by atoms with van der Waals surface area (Å²) in [4.78, 5) is 2.30. The largest absolute Gasteiger partial charge is 0.369 e. The van der Waals surface area contributed by atoms with E-state index < -0.39 is 0 Å². The zero-order chi connectivity index (χ0) is 13.7. The number of nitriles is 1. The van der Waals surface area contributed by atoms with Crippen LogP contribution in [0.4, 0.5) is 5.69 Å². The van der Waals surface area contributed by atoms with Crippen molar-refractivity contribution in [2.24, 2.45) is 5.92 Å². The van der Waals surface area contributed by atoms with E-state index >= 15 is 0 Å². The molecule has 0 heterocycles. The Balaban J connectivity index is 2.17. The first-order valence-electron chi connectivity index (χ1n) is 7.22. The fourth-order valence-electron chi connectivity index (χ4n) is 2.71. The Labute approximate surface area is 116 Å². The first kappa shape index (κ1) is 13.9. The summed E-state index contributed by atoms with van der Waals surface area (Å²) >= 11 is 0. The van der Waals surface area contributed by atoms with Gasteiger partial charge in [-0.05, 0) is 44.4 Å². The summed E-state index contributed by atoms with van der Waals surface area (Å²) in [6, 6.07) is 12.9. The van der Waals surface area contributed by atoms with Crippen LogP contribution in [0.5, 0.6) is 0 Å². The average Bonchev–Trinajstić information content (AvgIpc) is 3.29. The van der Waals surface area contributed by atoms with Crippen molar-refractivity contribution >= 4 is 5.69 Å². The van der Waals surface area contributed by atoms with E-state index in [1.165, 1.54) is 18.5 Å². The van der Waals surface area contributed by atoms with Crippen LogP contribution in [0.3, 0.4) is 0 Å². The van der Waals surface area contributed by atoms with Gasteiger partial charge in [-0.3, -0.25) is 5.32 Å². The van der Waals surface area contributed by atoms with Gasteiger partial charge in [0, 0.05) is 18.8 Å². The highest BCUT2D eigenvalue weighted by atomic mass is 15.2. The molecular weight excluding hydrogens is 234 g/mol.